The minimum atomic E-state index is -1.94. The Bertz CT molecular complexity index is 158. The number of nitrogens with two attached hydrogens (primary N) is 1. The molecular weight excluding hydrogens is 134 g/mol. The third-order valence-corrected chi connectivity index (χ3v) is 2.82. The lowest BCUT2D eigenvalue weighted by molar-refractivity contribution is 0.663. The minimum Gasteiger partial charge on any atom is -0.320 e. The van der Waals surface area contributed by atoms with Gasteiger partial charge in [0, 0.05) is 5.75 Å². The first-order chi connectivity index (χ1) is 3.98. The van der Waals surface area contributed by atoms with Gasteiger partial charge in [0.1, 0.15) is 0 Å². The molecule has 0 aliphatic heterocycles. The average molecular weight is 149 g/mol. The predicted molar refractivity (Wildman–Crippen MR) is 44.0 cm³/mol. The Hall–Kier alpha value is -0.0200. The van der Waals surface area contributed by atoms with E-state index < -0.39 is 9.52 Å². The Balaban J connectivity index is 3.90. The lowest BCUT2D eigenvalue weighted by Crippen LogP contribution is -2.20. The summed E-state index contributed by atoms with van der Waals surface area (Å²) in [6.07, 6.45) is 0. The van der Waals surface area contributed by atoms with E-state index in [1.54, 1.807) is 0 Å². The molecule has 0 rings (SSSR count). The van der Waals surface area contributed by atoms with E-state index in [9.17, 15) is 4.21 Å². The van der Waals surface area contributed by atoms with Crippen LogP contribution in [0.5, 0.6) is 0 Å². The van der Waals surface area contributed by atoms with Crippen LogP contribution in [-0.2, 0) is 9.52 Å². The molecule has 0 saturated carbocycles. The summed E-state index contributed by atoms with van der Waals surface area (Å²) in [6.45, 7) is 4.03. The fourth-order valence-corrected chi connectivity index (χ4v) is 2.03. The Morgan fingerprint density at radius 3 is 2.22 bits per heavy atom. The molecule has 1 atom stereocenters. The van der Waals surface area contributed by atoms with Gasteiger partial charge in [0.2, 0.25) is 0 Å². The van der Waals surface area contributed by atoms with Gasteiger partial charge in [-0.3, -0.25) is 4.21 Å². The molecule has 2 N–H and O–H groups in total. The summed E-state index contributed by atoms with van der Waals surface area (Å²) < 4.78 is 11.1. The fraction of sp³-hybridized carbons (Fsp3) is 0.833. The Labute approximate surface area is 57.4 Å². The lowest BCUT2D eigenvalue weighted by Gasteiger charge is -2.07. The molecule has 0 fully saturated rings. The molecule has 0 heterocycles. The fourth-order valence-electron chi connectivity index (χ4n) is 0.676. The van der Waals surface area contributed by atoms with Crippen molar-refractivity contribution in [3.8, 4) is 0 Å². The molecule has 0 amide bonds. The summed E-state index contributed by atoms with van der Waals surface area (Å²) in [5, 5.41) is 0. The third kappa shape index (κ3) is 4.48. The number of hydrogen-bond acceptors (Lipinski definition) is 2. The highest BCUT2D eigenvalue weighted by Gasteiger charge is 2.02. The summed E-state index contributed by atoms with van der Waals surface area (Å²) >= 11 is 0. The van der Waals surface area contributed by atoms with Crippen LogP contribution in [-0.4, -0.2) is 21.7 Å². The van der Waals surface area contributed by atoms with Gasteiger partial charge >= 0.3 is 0 Å². The summed E-state index contributed by atoms with van der Waals surface area (Å²) in [5.74, 6) is 4.82. The second-order valence-corrected chi connectivity index (χ2v) is 5.29. The molecule has 0 aliphatic rings. The van der Waals surface area contributed by atoms with E-state index in [-0.39, 0.29) is 5.88 Å². The Morgan fingerprint density at radius 1 is 1.67 bits per heavy atom. The van der Waals surface area contributed by atoms with E-state index in [1.807, 2.05) is 13.8 Å². The van der Waals surface area contributed by atoms with E-state index in [1.165, 1.54) is 0 Å². The molecule has 9 heavy (non-hydrogen) atoms. The summed E-state index contributed by atoms with van der Waals surface area (Å²) in [7, 11) is -1.94. The van der Waals surface area contributed by atoms with Gasteiger partial charge in [-0.2, -0.15) is 0 Å². The topological polar surface area (TPSA) is 43.1 Å². The smallest absolute Gasteiger partial charge is 0.0620 e. The van der Waals surface area contributed by atoms with Crippen LogP contribution in [0.15, 0.2) is 0 Å². The molecule has 0 aromatic heterocycles. The Morgan fingerprint density at radius 2 is 2.11 bits per heavy atom. The van der Waals surface area contributed by atoms with Crippen molar-refractivity contribution in [2.75, 3.05) is 11.6 Å². The maximum atomic E-state index is 11.1. The molecule has 2 nitrogen and oxygen atoms in total. The zero-order chi connectivity index (χ0) is 7.49. The highest BCUT2D eigenvalue weighted by atomic mass is 32.2. The first-order valence-electron chi connectivity index (χ1n) is 3.00. The molecule has 0 radical (unpaired) electrons. The predicted octanol–water partition coefficient (Wildman–Crippen LogP) is 0.275. The van der Waals surface area contributed by atoms with Crippen LogP contribution in [0.3, 0.4) is 0 Å². The van der Waals surface area contributed by atoms with E-state index in [2.05, 4.69) is 5.87 Å². The van der Waals surface area contributed by atoms with Crippen LogP contribution in [0.4, 0.5) is 0 Å². The lowest BCUT2D eigenvalue weighted by atomic mass is 10.3. The second kappa shape index (κ2) is 3.22. The van der Waals surface area contributed by atoms with E-state index >= 15 is 0 Å². The average Bonchev–Trinajstić information content (AvgIpc) is 1.63. The van der Waals surface area contributed by atoms with Gasteiger partial charge in [-0.1, -0.05) is 13.8 Å². The first kappa shape index (κ1) is 8.98. The van der Waals surface area contributed by atoms with E-state index in [0.29, 0.717) is 11.7 Å². The van der Waals surface area contributed by atoms with Crippen molar-refractivity contribution in [3.63, 3.8) is 0 Å². The van der Waals surface area contributed by atoms with Crippen LogP contribution in [0, 0.1) is 5.92 Å². The van der Waals surface area contributed by atoms with Gasteiger partial charge in [-0.05, 0) is 21.3 Å². The highest BCUT2D eigenvalue weighted by Crippen LogP contribution is 1.97. The maximum absolute atomic E-state index is 11.1. The second-order valence-electron chi connectivity index (χ2n) is 2.69. The van der Waals surface area contributed by atoms with Crippen molar-refractivity contribution in [2.24, 2.45) is 11.7 Å². The molecular formula is C6H15NOS. The third-order valence-electron chi connectivity index (χ3n) is 0.941. The maximum Gasteiger partial charge on any atom is 0.0620 e. The molecule has 56 valence electrons. The van der Waals surface area contributed by atoms with Gasteiger partial charge in [-0.15, -0.1) is 0 Å². The van der Waals surface area contributed by atoms with Gasteiger partial charge in [0.25, 0.3) is 0 Å². The SMILES string of the molecule is C=S(=O)(CN)CC(C)C. The van der Waals surface area contributed by atoms with Crippen molar-refractivity contribution in [3.05, 3.63) is 0 Å². The quantitative estimate of drug-likeness (QED) is 0.585. The number of hydrogen-bond donors (Lipinski definition) is 1. The molecule has 0 aromatic carbocycles. The van der Waals surface area contributed by atoms with Crippen molar-refractivity contribution in [2.45, 2.75) is 13.8 Å². The van der Waals surface area contributed by atoms with Crippen LogP contribution in [0.25, 0.3) is 0 Å². The first-order valence-corrected chi connectivity index (χ1v) is 5.07. The molecule has 1 unspecified atom stereocenters. The van der Waals surface area contributed by atoms with E-state index in [4.69, 9.17) is 5.73 Å². The summed E-state index contributed by atoms with van der Waals surface area (Å²) in [6, 6.07) is 0. The van der Waals surface area contributed by atoms with Gasteiger partial charge in [0.05, 0.1) is 5.88 Å². The molecule has 0 bridgehead atoms. The van der Waals surface area contributed by atoms with Gasteiger partial charge in [0.15, 0.2) is 0 Å². The normalized spacial score (nSPS) is 17.8. The van der Waals surface area contributed by atoms with Gasteiger partial charge < -0.3 is 5.73 Å². The highest BCUT2D eigenvalue weighted by molar-refractivity contribution is 8.00. The van der Waals surface area contributed by atoms with Gasteiger partial charge in [-0.25, -0.2) is 0 Å². The van der Waals surface area contributed by atoms with Crippen molar-refractivity contribution in [1.82, 2.24) is 0 Å². The molecule has 0 spiro atoms. The molecule has 0 aliphatic carbocycles. The summed E-state index contributed by atoms with van der Waals surface area (Å²) in [4.78, 5) is 0. The van der Waals surface area contributed by atoms with E-state index in [0.717, 1.165) is 0 Å². The molecule has 3 heteroatoms. The van der Waals surface area contributed by atoms with Crippen molar-refractivity contribution >= 4 is 15.4 Å². The van der Waals surface area contributed by atoms with Crippen molar-refractivity contribution in [1.29, 1.82) is 0 Å². The van der Waals surface area contributed by atoms with Crippen LogP contribution in [0.2, 0.25) is 0 Å². The molecule has 0 saturated heterocycles. The summed E-state index contributed by atoms with van der Waals surface area (Å²) in [5.41, 5.74) is 5.22. The largest absolute Gasteiger partial charge is 0.320 e. The van der Waals surface area contributed by atoms with Crippen molar-refractivity contribution < 1.29 is 4.21 Å². The zero-order valence-electron chi connectivity index (χ0n) is 6.09. The molecule has 0 aromatic rings. The minimum absolute atomic E-state index is 0.213. The standard InChI is InChI=1S/C6H15NOS/c1-6(2)4-9(3,8)5-7/h6H,3-5,7H2,1-2H3. The van der Waals surface area contributed by atoms with Crippen LogP contribution >= 0.6 is 0 Å². The van der Waals surface area contributed by atoms with Crippen LogP contribution in [0.1, 0.15) is 13.8 Å². The van der Waals surface area contributed by atoms with Crippen LogP contribution < -0.4 is 5.73 Å². The number of rotatable bonds is 3. The Kier molecular flexibility index (Phi) is 3.22. The monoisotopic (exact) mass is 149 g/mol. The zero-order valence-corrected chi connectivity index (χ0v) is 6.91.